The summed E-state index contributed by atoms with van der Waals surface area (Å²) in [6.45, 7) is 4.64. The van der Waals surface area contributed by atoms with Crippen molar-refractivity contribution < 1.29 is 4.79 Å². The molecule has 1 aliphatic heterocycles. The molecule has 6 heteroatoms. The van der Waals surface area contributed by atoms with E-state index in [9.17, 15) is 4.79 Å². The van der Waals surface area contributed by atoms with Crippen LogP contribution in [0, 0.1) is 0 Å². The first kappa shape index (κ1) is 15.1. The summed E-state index contributed by atoms with van der Waals surface area (Å²) < 4.78 is 0. The van der Waals surface area contributed by atoms with Gasteiger partial charge in [0.05, 0.1) is 15.1 Å². The van der Waals surface area contributed by atoms with Gasteiger partial charge in [-0.15, -0.1) is 0 Å². The number of ketones is 1. The molecule has 3 nitrogen and oxygen atoms in total. The molecular weight excluding hydrogens is 307 g/mol. The van der Waals surface area contributed by atoms with Crippen molar-refractivity contribution in [2.75, 3.05) is 32.7 Å². The first-order valence-electron chi connectivity index (χ1n) is 6.19. The number of carbonyl (C=O) groups excluding carboxylic acids is 1. The van der Waals surface area contributed by atoms with Crippen molar-refractivity contribution in [1.29, 1.82) is 0 Å². The standard InChI is InChI=1S/C13H15Cl3N2O/c14-10-2-1-9(12(15)13(10)16)11(19)3-6-18-7-4-17-5-8-18/h1-2,17H,3-8H2. The molecule has 19 heavy (non-hydrogen) atoms. The van der Waals surface area contributed by atoms with Crippen LogP contribution in [-0.2, 0) is 0 Å². The van der Waals surface area contributed by atoms with Crippen molar-refractivity contribution in [3.8, 4) is 0 Å². The van der Waals surface area contributed by atoms with Crippen molar-refractivity contribution in [1.82, 2.24) is 10.2 Å². The topological polar surface area (TPSA) is 32.3 Å². The van der Waals surface area contributed by atoms with Crippen LogP contribution < -0.4 is 5.32 Å². The summed E-state index contributed by atoms with van der Waals surface area (Å²) in [4.78, 5) is 14.4. The summed E-state index contributed by atoms with van der Waals surface area (Å²) >= 11 is 17.8. The lowest BCUT2D eigenvalue weighted by molar-refractivity contribution is 0.0961. The van der Waals surface area contributed by atoms with E-state index in [2.05, 4.69) is 10.2 Å². The molecular formula is C13H15Cl3N2O. The van der Waals surface area contributed by atoms with Crippen LogP contribution in [0.3, 0.4) is 0 Å². The Morgan fingerprint density at radius 1 is 1.16 bits per heavy atom. The van der Waals surface area contributed by atoms with Gasteiger partial charge in [-0.1, -0.05) is 34.8 Å². The molecule has 104 valence electrons. The molecule has 0 aromatic heterocycles. The first-order chi connectivity index (χ1) is 9.09. The predicted molar refractivity (Wildman–Crippen MR) is 79.7 cm³/mol. The first-order valence-corrected chi connectivity index (χ1v) is 7.32. The van der Waals surface area contributed by atoms with E-state index < -0.39 is 0 Å². The zero-order valence-electron chi connectivity index (χ0n) is 10.4. The van der Waals surface area contributed by atoms with Crippen LogP contribution in [0.5, 0.6) is 0 Å². The maximum Gasteiger partial charge on any atom is 0.165 e. The van der Waals surface area contributed by atoms with E-state index in [1.54, 1.807) is 12.1 Å². The van der Waals surface area contributed by atoms with E-state index >= 15 is 0 Å². The monoisotopic (exact) mass is 320 g/mol. The van der Waals surface area contributed by atoms with Crippen LogP contribution >= 0.6 is 34.8 Å². The number of hydrogen-bond acceptors (Lipinski definition) is 3. The van der Waals surface area contributed by atoms with E-state index in [0.717, 1.165) is 32.7 Å². The molecule has 1 aliphatic rings. The highest BCUT2D eigenvalue weighted by Crippen LogP contribution is 2.33. The molecule has 1 fully saturated rings. The third-order valence-electron chi connectivity index (χ3n) is 3.20. The van der Waals surface area contributed by atoms with Crippen LogP contribution in [0.2, 0.25) is 15.1 Å². The van der Waals surface area contributed by atoms with Crippen LogP contribution in [0.25, 0.3) is 0 Å². The second kappa shape index (κ2) is 6.91. The number of Topliss-reactive ketones (excluding diaryl/α,β-unsaturated/α-hetero) is 1. The van der Waals surface area contributed by atoms with E-state index in [0.29, 0.717) is 17.0 Å². The van der Waals surface area contributed by atoms with E-state index in [-0.39, 0.29) is 15.8 Å². The number of halogens is 3. The Hall–Kier alpha value is -0.320. The Bertz CT molecular complexity index is 473. The van der Waals surface area contributed by atoms with Crippen LogP contribution in [0.4, 0.5) is 0 Å². The Balaban J connectivity index is 1.98. The van der Waals surface area contributed by atoms with Crippen molar-refractivity contribution in [3.63, 3.8) is 0 Å². The van der Waals surface area contributed by atoms with E-state index in [1.807, 2.05) is 0 Å². The second-order valence-electron chi connectivity index (χ2n) is 4.49. The molecule has 1 saturated heterocycles. The zero-order valence-corrected chi connectivity index (χ0v) is 12.7. The fourth-order valence-corrected chi connectivity index (χ4v) is 2.71. The van der Waals surface area contributed by atoms with Gasteiger partial charge in [-0.25, -0.2) is 0 Å². The molecule has 0 radical (unpaired) electrons. The third-order valence-corrected chi connectivity index (χ3v) is 4.49. The summed E-state index contributed by atoms with van der Waals surface area (Å²) in [7, 11) is 0. The van der Waals surface area contributed by atoms with Crippen molar-refractivity contribution in [2.24, 2.45) is 0 Å². The number of nitrogens with one attached hydrogen (secondary N) is 1. The molecule has 0 unspecified atom stereocenters. The SMILES string of the molecule is O=C(CCN1CCNCC1)c1ccc(Cl)c(Cl)c1Cl. The van der Waals surface area contributed by atoms with Gasteiger partial charge in [0.15, 0.2) is 5.78 Å². The van der Waals surface area contributed by atoms with Crippen molar-refractivity contribution in [2.45, 2.75) is 6.42 Å². The molecule has 2 rings (SSSR count). The lowest BCUT2D eigenvalue weighted by Gasteiger charge is -2.26. The summed E-state index contributed by atoms with van der Waals surface area (Å²) in [5.74, 6) is 0.00194. The van der Waals surface area contributed by atoms with Gasteiger partial charge >= 0.3 is 0 Å². The number of piperazine rings is 1. The Kier molecular flexibility index (Phi) is 5.48. The maximum absolute atomic E-state index is 12.1. The lowest BCUT2D eigenvalue weighted by Crippen LogP contribution is -2.44. The summed E-state index contributed by atoms with van der Waals surface area (Å²) in [6, 6.07) is 3.24. The van der Waals surface area contributed by atoms with Gasteiger partial charge in [0.25, 0.3) is 0 Å². The summed E-state index contributed by atoms with van der Waals surface area (Å²) in [5, 5.41) is 4.14. The maximum atomic E-state index is 12.1. The fraction of sp³-hybridized carbons (Fsp3) is 0.462. The molecule has 0 aliphatic carbocycles. The highest BCUT2D eigenvalue weighted by atomic mass is 35.5. The molecule has 1 aromatic carbocycles. The van der Waals surface area contributed by atoms with Gasteiger partial charge in [0, 0.05) is 44.7 Å². The largest absolute Gasteiger partial charge is 0.314 e. The van der Waals surface area contributed by atoms with Gasteiger partial charge in [0.2, 0.25) is 0 Å². The molecule has 0 spiro atoms. The van der Waals surface area contributed by atoms with E-state index in [4.69, 9.17) is 34.8 Å². The van der Waals surface area contributed by atoms with Gasteiger partial charge in [-0.05, 0) is 12.1 Å². The van der Waals surface area contributed by atoms with Crippen LogP contribution in [0.15, 0.2) is 12.1 Å². The number of nitrogens with zero attached hydrogens (tertiary/aromatic N) is 1. The zero-order chi connectivity index (χ0) is 13.8. The van der Waals surface area contributed by atoms with Gasteiger partial charge < -0.3 is 10.2 Å². The molecule has 0 saturated carbocycles. The van der Waals surface area contributed by atoms with Gasteiger partial charge in [-0.3, -0.25) is 4.79 Å². The normalized spacial score (nSPS) is 16.6. The lowest BCUT2D eigenvalue weighted by atomic mass is 10.1. The highest BCUT2D eigenvalue weighted by molar-refractivity contribution is 6.49. The number of carbonyl (C=O) groups is 1. The van der Waals surface area contributed by atoms with Crippen molar-refractivity contribution >= 4 is 40.6 Å². The minimum atomic E-state index is 0.00194. The molecule has 0 amide bonds. The fourth-order valence-electron chi connectivity index (χ4n) is 2.07. The number of hydrogen-bond donors (Lipinski definition) is 1. The molecule has 0 atom stereocenters. The van der Waals surface area contributed by atoms with Gasteiger partial charge in [-0.2, -0.15) is 0 Å². The average molecular weight is 322 g/mol. The molecule has 1 N–H and O–H groups in total. The molecule has 1 aromatic rings. The smallest absolute Gasteiger partial charge is 0.165 e. The van der Waals surface area contributed by atoms with Crippen LogP contribution in [0.1, 0.15) is 16.8 Å². The second-order valence-corrected chi connectivity index (χ2v) is 5.65. The Morgan fingerprint density at radius 2 is 1.84 bits per heavy atom. The summed E-state index contributed by atoms with van der Waals surface area (Å²) in [6.07, 6.45) is 0.442. The van der Waals surface area contributed by atoms with E-state index in [1.165, 1.54) is 0 Å². The van der Waals surface area contributed by atoms with Crippen molar-refractivity contribution in [3.05, 3.63) is 32.8 Å². The highest BCUT2D eigenvalue weighted by Gasteiger charge is 2.17. The quantitative estimate of drug-likeness (QED) is 0.683. The minimum absolute atomic E-state index is 0.00194. The predicted octanol–water partition coefficient (Wildman–Crippen LogP) is 3.12. The Morgan fingerprint density at radius 3 is 2.53 bits per heavy atom. The average Bonchev–Trinajstić information content (AvgIpc) is 2.43. The molecule has 1 heterocycles. The van der Waals surface area contributed by atoms with Crippen LogP contribution in [-0.4, -0.2) is 43.4 Å². The minimum Gasteiger partial charge on any atom is -0.314 e. The number of rotatable bonds is 4. The Labute approximate surface area is 127 Å². The third kappa shape index (κ3) is 3.83. The van der Waals surface area contributed by atoms with Gasteiger partial charge in [0.1, 0.15) is 0 Å². The number of benzene rings is 1. The molecule has 0 bridgehead atoms. The summed E-state index contributed by atoms with van der Waals surface area (Å²) in [5.41, 5.74) is 0.450.